The van der Waals surface area contributed by atoms with E-state index in [1.54, 1.807) is 6.92 Å². The fourth-order valence-corrected chi connectivity index (χ4v) is 5.66. The first kappa shape index (κ1) is 24.0. The molecule has 1 aromatic carbocycles. The molecule has 0 aliphatic heterocycles. The largest absolute Gasteiger partial charge is 0.491 e. The molecule has 3 nitrogen and oxygen atoms in total. The van der Waals surface area contributed by atoms with E-state index in [9.17, 15) is 13.6 Å². The highest BCUT2D eigenvalue weighted by Crippen LogP contribution is 2.43. The first-order valence-corrected chi connectivity index (χ1v) is 12.3. The minimum Gasteiger partial charge on any atom is -0.491 e. The Kier molecular flexibility index (Phi) is 9.15. The summed E-state index contributed by atoms with van der Waals surface area (Å²) in [4.78, 5) is 12.2. The van der Waals surface area contributed by atoms with Crippen LogP contribution < -0.4 is 9.47 Å². The maximum atomic E-state index is 14.1. The molecule has 2 aliphatic rings. The zero-order valence-electron chi connectivity index (χ0n) is 19.1. The molecule has 3 rings (SSSR count). The highest BCUT2D eigenvalue weighted by Gasteiger charge is 2.31. The van der Waals surface area contributed by atoms with Crippen molar-refractivity contribution in [3.8, 4) is 11.5 Å². The van der Waals surface area contributed by atoms with Gasteiger partial charge in [-0.25, -0.2) is 0 Å². The second kappa shape index (κ2) is 11.8. The molecule has 31 heavy (non-hydrogen) atoms. The van der Waals surface area contributed by atoms with Gasteiger partial charge in [0, 0.05) is 6.42 Å². The summed E-state index contributed by atoms with van der Waals surface area (Å²) in [6.07, 6.45) is 14.2. The Morgan fingerprint density at radius 2 is 1.35 bits per heavy atom. The second-order valence-electron chi connectivity index (χ2n) is 9.49. The van der Waals surface area contributed by atoms with Gasteiger partial charge in [0.15, 0.2) is 11.5 Å². The van der Waals surface area contributed by atoms with Crippen LogP contribution >= 0.6 is 0 Å². The quantitative estimate of drug-likeness (QED) is 0.298. The first-order chi connectivity index (χ1) is 15.0. The molecular formula is C26H38F2O3. The van der Waals surface area contributed by atoms with Crippen molar-refractivity contribution in [1.82, 2.24) is 0 Å². The molecule has 0 aromatic heterocycles. The van der Waals surface area contributed by atoms with Crippen LogP contribution in [0.5, 0.6) is 11.5 Å². The average molecular weight is 437 g/mol. The summed E-state index contributed by atoms with van der Waals surface area (Å²) in [5.41, 5.74) is 0. The predicted molar refractivity (Wildman–Crippen MR) is 118 cm³/mol. The van der Waals surface area contributed by atoms with Gasteiger partial charge in [0.25, 0.3) is 0 Å². The standard InChI is InChI=1S/C26H38F2O3/c1-3-5-18-6-11-20(12-7-18)21-13-8-19(9-14-21)10-17-24(29)31-23-16-15-22(30-4-2)25(27)26(23)28/h15-16,18-21H,3-14,17H2,1-2H3/t18-,19?,20-,21?. The Morgan fingerprint density at radius 1 is 0.839 bits per heavy atom. The number of halogens is 2. The first-order valence-electron chi connectivity index (χ1n) is 12.3. The predicted octanol–water partition coefficient (Wildman–Crippen LogP) is 7.46. The summed E-state index contributed by atoms with van der Waals surface area (Å²) in [5, 5.41) is 0. The van der Waals surface area contributed by atoms with Gasteiger partial charge in [-0.05, 0) is 74.8 Å². The molecule has 0 spiro atoms. The van der Waals surface area contributed by atoms with Crippen LogP contribution in [0.1, 0.15) is 90.9 Å². The monoisotopic (exact) mass is 436 g/mol. The number of hydrogen-bond donors (Lipinski definition) is 0. The second-order valence-corrected chi connectivity index (χ2v) is 9.49. The van der Waals surface area contributed by atoms with Crippen LogP contribution in [0.3, 0.4) is 0 Å². The van der Waals surface area contributed by atoms with Crippen molar-refractivity contribution < 1.29 is 23.0 Å². The van der Waals surface area contributed by atoms with Crippen molar-refractivity contribution in [3.63, 3.8) is 0 Å². The average Bonchev–Trinajstić information content (AvgIpc) is 2.79. The fraction of sp³-hybridized carbons (Fsp3) is 0.731. The SMILES string of the molecule is CCC[C@H]1CC[C@H](C2CCC(CCC(=O)Oc3ccc(OCC)c(F)c3F)CC2)CC1. The highest BCUT2D eigenvalue weighted by molar-refractivity contribution is 5.72. The van der Waals surface area contributed by atoms with Crippen molar-refractivity contribution in [2.24, 2.45) is 23.7 Å². The maximum absolute atomic E-state index is 14.1. The van der Waals surface area contributed by atoms with Crippen molar-refractivity contribution in [1.29, 1.82) is 0 Å². The molecule has 0 heterocycles. The smallest absolute Gasteiger partial charge is 0.311 e. The lowest BCUT2D eigenvalue weighted by atomic mass is 9.68. The minimum atomic E-state index is -1.17. The van der Waals surface area contributed by atoms with Crippen LogP contribution in [0.25, 0.3) is 0 Å². The summed E-state index contributed by atoms with van der Waals surface area (Å²) >= 11 is 0. The lowest BCUT2D eigenvalue weighted by molar-refractivity contribution is -0.135. The van der Waals surface area contributed by atoms with Crippen LogP contribution in [0.15, 0.2) is 12.1 Å². The third-order valence-electron chi connectivity index (χ3n) is 7.44. The van der Waals surface area contributed by atoms with E-state index in [2.05, 4.69) is 6.92 Å². The molecule has 2 aliphatic carbocycles. The molecule has 0 amide bonds. The van der Waals surface area contributed by atoms with Crippen LogP contribution in [0.4, 0.5) is 8.78 Å². The van der Waals surface area contributed by atoms with Gasteiger partial charge in [0.2, 0.25) is 11.6 Å². The van der Waals surface area contributed by atoms with E-state index < -0.39 is 17.6 Å². The zero-order chi connectivity index (χ0) is 22.2. The number of esters is 1. The van der Waals surface area contributed by atoms with Crippen LogP contribution in [-0.2, 0) is 4.79 Å². The highest BCUT2D eigenvalue weighted by atomic mass is 19.2. The lowest BCUT2D eigenvalue weighted by Gasteiger charge is -2.38. The van der Waals surface area contributed by atoms with Gasteiger partial charge in [-0.15, -0.1) is 0 Å². The third-order valence-corrected chi connectivity index (χ3v) is 7.44. The molecule has 5 heteroatoms. The van der Waals surface area contributed by atoms with Crippen LogP contribution in [-0.4, -0.2) is 12.6 Å². The fourth-order valence-electron chi connectivity index (χ4n) is 5.66. The van der Waals surface area contributed by atoms with Gasteiger partial charge >= 0.3 is 5.97 Å². The van der Waals surface area contributed by atoms with Gasteiger partial charge in [-0.1, -0.05) is 45.4 Å². The lowest BCUT2D eigenvalue weighted by Crippen LogP contribution is -2.26. The number of ether oxygens (including phenoxy) is 2. The molecule has 2 saturated carbocycles. The van der Waals surface area contributed by atoms with E-state index >= 15 is 0 Å². The third kappa shape index (κ3) is 6.66. The Bertz CT molecular complexity index is 705. The summed E-state index contributed by atoms with van der Waals surface area (Å²) in [7, 11) is 0. The number of benzene rings is 1. The van der Waals surface area contributed by atoms with Gasteiger partial charge in [0.05, 0.1) is 6.61 Å². The molecule has 0 bridgehead atoms. The van der Waals surface area contributed by atoms with E-state index in [1.165, 1.54) is 76.3 Å². The summed E-state index contributed by atoms with van der Waals surface area (Å²) in [5.74, 6) is -0.0899. The summed E-state index contributed by atoms with van der Waals surface area (Å²) < 4.78 is 38.1. The topological polar surface area (TPSA) is 35.5 Å². The van der Waals surface area contributed by atoms with Crippen molar-refractivity contribution in [2.75, 3.05) is 6.61 Å². The number of carbonyl (C=O) groups is 1. The minimum absolute atomic E-state index is 0.171. The van der Waals surface area contributed by atoms with Crippen molar-refractivity contribution >= 4 is 5.97 Å². The van der Waals surface area contributed by atoms with Gasteiger partial charge in [0.1, 0.15) is 0 Å². The molecule has 174 valence electrons. The van der Waals surface area contributed by atoms with E-state index in [0.717, 1.165) is 24.2 Å². The van der Waals surface area contributed by atoms with E-state index in [0.29, 0.717) is 5.92 Å². The molecule has 0 N–H and O–H groups in total. The number of carbonyl (C=O) groups excluding carboxylic acids is 1. The number of rotatable bonds is 9. The summed E-state index contributed by atoms with van der Waals surface area (Å²) in [6.45, 7) is 4.21. The molecule has 0 unspecified atom stereocenters. The Labute approximate surface area is 185 Å². The Balaban J connectivity index is 1.38. The molecule has 0 saturated heterocycles. The van der Waals surface area contributed by atoms with E-state index in [-0.39, 0.29) is 24.5 Å². The van der Waals surface area contributed by atoms with Crippen molar-refractivity contribution in [2.45, 2.75) is 90.9 Å². The van der Waals surface area contributed by atoms with Gasteiger partial charge in [-0.3, -0.25) is 4.79 Å². The maximum Gasteiger partial charge on any atom is 0.311 e. The molecule has 2 fully saturated rings. The normalized spacial score (nSPS) is 26.5. The molecular weight excluding hydrogens is 398 g/mol. The van der Waals surface area contributed by atoms with Gasteiger partial charge in [-0.2, -0.15) is 8.78 Å². The molecule has 1 aromatic rings. The van der Waals surface area contributed by atoms with Crippen LogP contribution in [0, 0.1) is 35.3 Å². The Morgan fingerprint density at radius 3 is 1.90 bits per heavy atom. The molecule has 0 atom stereocenters. The Hall–Kier alpha value is -1.65. The van der Waals surface area contributed by atoms with Crippen molar-refractivity contribution in [3.05, 3.63) is 23.8 Å². The summed E-state index contributed by atoms with van der Waals surface area (Å²) in [6, 6.07) is 2.54. The van der Waals surface area contributed by atoms with Gasteiger partial charge < -0.3 is 9.47 Å². The molecule has 0 radical (unpaired) electrons. The van der Waals surface area contributed by atoms with Crippen LogP contribution in [0.2, 0.25) is 0 Å². The number of hydrogen-bond acceptors (Lipinski definition) is 3. The van der Waals surface area contributed by atoms with E-state index in [4.69, 9.17) is 9.47 Å². The zero-order valence-corrected chi connectivity index (χ0v) is 19.1. The van der Waals surface area contributed by atoms with E-state index in [1.807, 2.05) is 0 Å².